The molecular weight excluding hydrogens is 351 g/mol. The maximum Gasteiger partial charge on any atom is 0.427 e. The van der Waals surface area contributed by atoms with Crippen LogP contribution in [0.15, 0.2) is 24.3 Å². The fraction of sp³-hybridized carbons (Fsp3) is 0.0769. The van der Waals surface area contributed by atoms with Gasteiger partial charge in [0.05, 0.1) is 0 Å². The second-order valence-electron chi connectivity index (χ2n) is 4.34. The molecule has 5 nitrogen and oxygen atoms in total. The number of aromatic amines is 1. The van der Waals surface area contributed by atoms with E-state index in [2.05, 4.69) is 20.4 Å². The van der Waals surface area contributed by atoms with Crippen molar-refractivity contribution < 1.29 is 13.2 Å². The molecule has 0 bridgehead atoms. The van der Waals surface area contributed by atoms with Gasteiger partial charge >= 0.3 is 6.18 Å². The van der Waals surface area contributed by atoms with Gasteiger partial charge in [-0.3, -0.25) is 0 Å². The highest BCUT2D eigenvalue weighted by molar-refractivity contribution is 7.15. The largest absolute Gasteiger partial charge is 0.427 e. The molecule has 1 N–H and O–H groups in total. The van der Waals surface area contributed by atoms with Crippen molar-refractivity contribution in [2.45, 2.75) is 6.18 Å². The van der Waals surface area contributed by atoms with Crippen molar-refractivity contribution in [1.29, 1.82) is 5.26 Å². The van der Waals surface area contributed by atoms with Gasteiger partial charge in [0.1, 0.15) is 21.6 Å². The summed E-state index contributed by atoms with van der Waals surface area (Å²) in [5.74, 6) is 0. The van der Waals surface area contributed by atoms with Crippen LogP contribution in [0.2, 0.25) is 5.02 Å². The smallest absolute Gasteiger partial charge is 0.234 e. The standard InChI is InChI=1S/C13H5ClF3N5S/c14-7-3-1-2-6(4-7)12-19-10(11(23-12)13(15,16)17)9-8(5-18)20-22-21-9/h1-4H,(H,20,21,22). The molecule has 0 saturated carbocycles. The Morgan fingerprint density at radius 2 is 2.00 bits per heavy atom. The Kier molecular flexibility index (Phi) is 3.79. The van der Waals surface area contributed by atoms with Crippen molar-refractivity contribution in [2.75, 3.05) is 0 Å². The Labute approximate surface area is 136 Å². The molecule has 3 rings (SSSR count). The second-order valence-corrected chi connectivity index (χ2v) is 5.77. The van der Waals surface area contributed by atoms with Gasteiger partial charge in [-0.25, -0.2) is 4.98 Å². The molecule has 0 fully saturated rings. The summed E-state index contributed by atoms with van der Waals surface area (Å²) in [4.78, 5) is 3.06. The highest BCUT2D eigenvalue weighted by Crippen LogP contribution is 2.43. The molecule has 0 spiro atoms. The SMILES string of the molecule is N#Cc1n[nH]nc1-c1nc(-c2cccc(Cl)c2)sc1C(F)(F)F. The molecule has 1 aromatic carbocycles. The van der Waals surface area contributed by atoms with Crippen LogP contribution in [-0.4, -0.2) is 20.4 Å². The van der Waals surface area contributed by atoms with Crippen LogP contribution in [0, 0.1) is 11.3 Å². The van der Waals surface area contributed by atoms with Gasteiger partial charge < -0.3 is 0 Å². The minimum Gasteiger partial charge on any atom is -0.234 e. The number of nitriles is 1. The van der Waals surface area contributed by atoms with Crippen molar-refractivity contribution in [3.8, 4) is 28.0 Å². The first-order chi connectivity index (χ1) is 10.9. The van der Waals surface area contributed by atoms with E-state index < -0.39 is 16.7 Å². The Morgan fingerprint density at radius 3 is 2.65 bits per heavy atom. The van der Waals surface area contributed by atoms with Gasteiger partial charge in [-0.1, -0.05) is 23.7 Å². The number of halogens is 4. The first kappa shape index (κ1) is 15.5. The summed E-state index contributed by atoms with van der Waals surface area (Å²) in [5, 5.41) is 18.7. The molecule has 2 aromatic heterocycles. The number of alkyl halides is 3. The fourth-order valence-electron chi connectivity index (χ4n) is 1.89. The number of H-pyrrole nitrogens is 1. The molecule has 0 unspecified atom stereocenters. The Balaban J connectivity index is 2.22. The quantitative estimate of drug-likeness (QED) is 0.749. The number of thiazole rings is 1. The maximum atomic E-state index is 13.3. The number of hydrogen-bond acceptors (Lipinski definition) is 5. The van der Waals surface area contributed by atoms with Crippen LogP contribution in [0.3, 0.4) is 0 Å². The van der Waals surface area contributed by atoms with Crippen LogP contribution >= 0.6 is 22.9 Å². The van der Waals surface area contributed by atoms with Gasteiger partial charge in [0, 0.05) is 10.6 Å². The summed E-state index contributed by atoms with van der Waals surface area (Å²) in [6, 6.07) is 8.01. The fourth-order valence-corrected chi connectivity index (χ4v) is 3.01. The minimum absolute atomic E-state index is 0.127. The Morgan fingerprint density at radius 1 is 1.22 bits per heavy atom. The van der Waals surface area contributed by atoms with Crippen LogP contribution in [0.1, 0.15) is 10.6 Å². The second kappa shape index (κ2) is 5.64. The molecule has 2 heterocycles. The lowest BCUT2D eigenvalue weighted by Crippen LogP contribution is -2.04. The van der Waals surface area contributed by atoms with E-state index in [9.17, 15) is 13.2 Å². The number of nitrogens with zero attached hydrogens (tertiary/aromatic N) is 4. The van der Waals surface area contributed by atoms with Crippen LogP contribution in [0.5, 0.6) is 0 Å². The average molecular weight is 356 g/mol. The zero-order chi connectivity index (χ0) is 16.6. The van der Waals surface area contributed by atoms with Crippen LogP contribution < -0.4 is 0 Å². The molecule has 23 heavy (non-hydrogen) atoms. The monoisotopic (exact) mass is 355 g/mol. The Hall–Kier alpha value is -2.44. The van der Waals surface area contributed by atoms with Gasteiger partial charge in [0.15, 0.2) is 11.4 Å². The van der Waals surface area contributed by atoms with Crippen molar-refractivity contribution in [1.82, 2.24) is 20.4 Å². The van der Waals surface area contributed by atoms with E-state index in [0.717, 1.165) is 0 Å². The summed E-state index contributed by atoms with van der Waals surface area (Å²) >= 11 is 6.32. The van der Waals surface area contributed by atoms with Gasteiger partial charge in [-0.2, -0.15) is 28.7 Å². The zero-order valence-corrected chi connectivity index (χ0v) is 12.6. The first-order valence-electron chi connectivity index (χ1n) is 6.05. The van der Waals surface area contributed by atoms with E-state index in [-0.39, 0.29) is 16.4 Å². The molecule has 0 atom stereocenters. The summed E-state index contributed by atoms with van der Waals surface area (Å²) in [5.41, 5.74) is -0.466. The first-order valence-corrected chi connectivity index (χ1v) is 7.25. The number of rotatable bonds is 2. The molecule has 10 heteroatoms. The predicted octanol–water partition coefficient (Wildman–Crippen LogP) is 4.14. The van der Waals surface area contributed by atoms with Crippen molar-refractivity contribution in [3.05, 3.63) is 39.9 Å². The van der Waals surface area contributed by atoms with Crippen molar-refractivity contribution in [2.24, 2.45) is 0 Å². The molecule has 0 radical (unpaired) electrons. The normalized spacial score (nSPS) is 11.4. The number of aromatic nitrogens is 4. The third kappa shape index (κ3) is 2.91. The highest BCUT2D eigenvalue weighted by Gasteiger charge is 2.39. The Bertz CT molecular complexity index is 909. The van der Waals surface area contributed by atoms with E-state index >= 15 is 0 Å². The lowest BCUT2D eigenvalue weighted by molar-refractivity contribution is -0.134. The molecule has 116 valence electrons. The summed E-state index contributed by atoms with van der Waals surface area (Å²) in [6.07, 6.45) is -4.63. The van der Waals surface area contributed by atoms with Crippen molar-refractivity contribution >= 4 is 22.9 Å². The topological polar surface area (TPSA) is 78.2 Å². The van der Waals surface area contributed by atoms with E-state index in [0.29, 0.717) is 21.9 Å². The minimum atomic E-state index is -4.63. The summed E-state index contributed by atoms with van der Waals surface area (Å²) in [7, 11) is 0. The van der Waals surface area contributed by atoms with E-state index in [1.807, 2.05) is 0 Å². The summed E-state index contributed by atoms with van der Waals surface area (Å²) in [6.45, 7) is 0. The van der Waals surface area contributed by atoms with Gasteiger partial charge in [-0.15, -0.1) is 16.4 Å². The lowest BCUT2D eigenvalue weighted by atomic mass is 10.2. The predicted molar refractivity (Wildman–Crippen MR) is 77.7 cm³/mol. The molecule has 0 saturated heterocycles. The third-order valence-electron chi connectivity index (χ3n) is 2.83. The molecule has 3 aromatic rings. The summed E-state index contributed by atoms with van der Waals surface area (Å²) < 4.78 is 39.9. The van der Waals surface area contributed by atoms with Gasteiger partial charge in [-0.05, 0) is 12.1 Å². The van der Waals surface area contributed by atoms with Crippen LogP contribution in [0.25, 0.3) is 22.0 Å². The van der Waals surface area contributed by atoms with Gasteiger partial charge in [0.25, 0.3) is 0 Å². The van der Waals surface area contributed by atoms with E-state index in [1.165, 1.54) is 6.07 Å². The molecule has 0 aliphatic rings. The van der Waals surface area contributed by atoms with E-state index in [4.69, 9.17) is 16.9 Å². The van der Waals surface area contributed by atoms with Crippen LogP contribution in [0.4, 0.5) is 13.2 Å². The number of benzene rings is 1. The lowest BCUT2D eigenvalue weighted by Gasteiger charge is -2.03. The zero-order valence-electron chi connectivity index (χ0n) is 11.0. The number of hydrogen-bond donors (Lipinski definition) is 1. The van der Waals surface area contributed by atoms with Crippen molar-refractivity contribution in [3.63, 3.8) is 0 Å². The third-order valence-corrected chi connectivity index (χ3v) is 4.22. The molecule has 0 amide bonds. The maximum absolute atomic E-state index is 13.3. The average Bonchev–Trinajstić information content (AvgIpc) is 3.12. The van der Waals surface area contributed by atoms with Crippen LogP contribution in [-0.2, 0) is 6.18 Å². The number of nitrogens with one attached hydrogen (secondary N) is 1. The van der Waals surface area contributed by atoms with Gasteiger partial charge in [0.2, 0.25) is 0 Å². The molecule has 0 aliphatic carbocycles. The molecule has 0 aliphatic heterocycles. The molecular formula is C13H5ClF3N5S. The highest BCUT2D eigenvalue weighted by atomic mass is 35.5. The van der Waals surface area contributed by atoms with E-state index in [1.54, 1.807) is 24.3 Å².